The van der Waals surface area contributed by atoms with Crippen LogP contribution in [0.15, 0.2) is 0 Å². The standard InChI is InChI=1S/Na.H2O3Te.H2.H/c;1-4(2)3;;/h;(H2,1,2,3);1H;/q+1;;;-1. The van der Waals surface area contributed by atoms with Gasteiger partial charge in [0.2, 0.25) is 0 Å². The SMILES string of the molecule is O=[Te](O)O.[H-].[HH].[Na+]. The van der Waals surface area contributed by atoms with Crippen LogP contribution in [-0.2, 0) is 3.10 Å². The first-order chi connectivity index (χ1) is 1.73. The molecule has 5 heavy (non-hydrogen) atoms. The molecule has 0 atom stereocenters. The summed E-state index contributed by atoms with van der Waals surface area (Å²) < 4.78 is 23.3. The third kappa shape index (κ3) is 29.8. The average Bonchev–Trinajstić information content (AvgIpc) is 0.811. The van der Waals surface area contributed by atoms with Crippen LogP contribution >= 0.6 is 0 Å². The number of hydrogen-bond acceptors (Lipinski definition) is 1. The topological polar surface area (TPSA) is 57.5 Å². The number of rotatable bonds is 0. The van der Waals surface area contributed by atoms with Crippen LogP contribution in [0.1, 0.15) is 2.85 Å². The Balaban J connectivity index is -0.0000000150. The molecular weight excluding hydrogens is 199 g/mol. The quantitative estimate of drug-likeness (QED) is 0.392. The first-order valence-corrected chi connectivity index (χ1v) is 3.57. The Kier molecular flexibility index (Phi) is 10.7. The molecular formula is H5NaO3Te. The summed E-state index contributed by atoms with van der Waals surface area (Å²) in [5.74, 6) is 0. The fraction of sp³-hybridized carbons (Fsp3) is 0. The van der Waals surface area contributed by atoms with Crippen molar-refractivity contribution in [3.05, 3.63) is 0 Å². The third-order valence-corrected chi connectivity index (χ3v) is 0. The van der Waals surface area contributed by atoms with Gasteiger partial charge in [-0.25, -0.2) is 0 Å². The molecule has 0 saturated heterocycles. The van der Waals surface area contributed by atoms with Crippen molar-refractivity contribution in [2.45, 2.75) is 0 Å². The molecule has 0 aliphatic rings. The van der Waals surface area contributed by atoms with E-state index in [0.29, 0.717) is 0 Å². The van der Waals surface area contributed by atoms with Gasteiger partial charge in [0.1, 0.15) is 0 Å². The molecule has 0 rings (SSSR count). The molecule has 5 heteroatoms. The van der Waals surface area contributed by atoms with Crippen LogP contribution in [0.2, 0.25) is 0 Å². The minimum atomic E-state index is -3.61. The Morgan fingerprint density at radius 3 is 1.80 bits per heavy atom. The zero-order valence-corrected chi connectivity index (χ0v) is 7.04. The second-order valence-corrected chi connectivity index (χ2v) is 1.55. The normalized spacial score (nSPS) is 7.00. The summed E-state index contributed by atoms with van der Waals surface area (Å²) in [6.07, 6.45) is 0. The first-order valence-electron chi connectivity index (χ1n) is 0.532. The van der Waals surface area contributed by atoms with Crippen LogP contribution in [0.4, 0.5) is 0 Å². The Hall–Kier alpha value is 1.51. The molecule has 0 aliphatic heterocycles. The Labute approximate surface area is 62.4 Å². The summed E-state index contributed by atoms with van der Waals surface area (Å²) in [7, 11) is 0. The smallest absolute Gasteiger partial charge is 1.00 e. The molecule has 0 amide bonds. The van der Waals surface area contributed by atoms with E-state index in [2.05, 4.69) is 0 Å². The molecule has 0 aromatic rings. The maximum atomic E-state index is 8.81. The van der Waals surface area contributed by atoms with Crippen molar-refractivity contribution in [1.29, 1.82) is 0 Å². The predicted octanol–water partition coefficient (Wildman–Crippen LogP) is -4.25. The summed E-state index contributed by atoms with van der Waals surface area (Å²) in [5.41, 5.74) is 0. The Bertz CT molecular complexity index is 35.9. The average molecular weight is 204 g/mol. The van der Waals surface area contributed by atoms with Crippen LogP contribution in [0.25, 0.3) is 0 Å². The van der Waals surface area contributed by atoms with Gasteiger partial charge in [-0.05, 0) is 0 Å². The first kappa shape index (κ1) is 9.72. The fourth-order valence-corrected chi connectivity index (χ4v) is 0. The maximum absolute atomic E-state index is 8.81. The maximum Gasteiger partial charge on any atom is 1.00 e. The van der Waals surface area contributed by atoms with Gasteiger partial charge in [-0.15, -0.1) is 0 Å². The fourth-order valence-electron chi connectivity index (χ4n) is 0. The Morgan fingerprint density at radius 2 is 1.80 bits per heavy atom. The van der Waals surface area contributed by atoms with Gasteiger partial charge in [0.15, 0.2) is 0 Å². The third-order valence-electron chi connectivity index (χ3n) is 0. The van der Waals surface area contributed by atoms with Gasteiger partial charge < -0.3 is 1.43 Å². The predicted molar refractivity (Wildman–Crippen MR) is 14.1 cm³/mol. The van der Waals surface area contributed by atoms with Crippen molar-refractivity contribution >= 4 is 20.4 Å². The molecule has 0 aromatic carbocycles. The molecule has 0 radical (unpaired) electrons. The van der Waals surface area contributed by atoms with Crippen molar-refractivity contribution in [1.82, 2.24) is 0 Å². The van der Waals surface area contributed by atoms with Crippen molar-refractivity contribution < 1.29 is 42.5 Å². The molecule has 30 valence electrons. The largest absolute Gasteiger partial charge is 1.00 e. The zero-order chi connectivity index (χ0) is 3.58. The molecule has 0 heterocycles. The van der Waals surface area contributed by atoms with Gasteiger partial charge in [-0.3, -0.25) is 0 Å². The molecule has 0 spiro atoms. The van der Waals surface area contributed by atoms with E-state index in [9.17, 15) is 0 Å². The minimum absolute atomic E-state index is 0. The summed E-state index contributed by atoms with van der Waals surface area (Å²) in [6.45, 7) is 0. The van der Waals surface area contributed by atoms with Crippen molar-refractivity contribution in [2.24, 2.45) is 0 Å². The van der Waals surface area contributed by atoms with Crippen molar-refractivity contribution in [3.8, 4) is 0 Å². The van der Waals surface area contributed by atoms with E-state index in [1.165, 1.54) is 0 Å². The van der Waals surface area contributed by atoms with E-state index in [1.54, 1.807) is 0 Å². The summed E-state index contributed by atoms with van der Waals surface area (Å²) in [5, 5.41) is 0. The molecule has 0 unspecified atom stereocenters. The van der Waals surface area contributed by atoms with E-state index >= 15 is 0 Å². The summed E-state index contributed by atoms with van der Waals surface area (Å²) in [6, 6.07) is 0. The van der Waals surface area contributed by atoms with Gasteiger partial charge in [-0.2, -0.15) is 0 Å². The van der Waals surface area contributed by atoms with Gasteiger partial charge >= 0.3 is 60.0 Å². The van der Waals surface area contributed by atoms with Gasteiger partial charge in [-0.1, -0.05) is 0 Å². The Morgan fingerprint density at radius 1 is 1.80 bits per heavy atom. The van der Waals surface area contributed by atoms with Crippen LogP contribution in [-0.4, -0.2) is 27.3 Å². The second-order valence-electron chi connectivity index (χ2n) is 0.231. The monoisotopic (exact) mass is 206 g/mol. The van der Waals surface area contributed by atoms with Crippen LogP contribution in [0.3, 0.4) is 0 Å². The molecule has 0 saturated carbocycles. The van der Waals surface area contributed by atoms with E-state index in [1.807, 2.05) is 0 Å². The molecule has 0 aliphatic carbocycles. The van der Waals surface area contributed by atoms with Gasteiger partial charge in [0, 0.05) is 1.43 Å². The van der Waals surface area contributed by atoms with Crippen molar-refractivity contribution in [2.75, 3.05) is 0 Å². The second kappa shape index (κ2) is 5.51. The van der Waals surface area contributed by atoms with E-state index in [4.69, 9.17) is 10.0 Å². The van der Waals surface area contributed by atoms with Crippen LogP contribution in [0, 0.1) is 0 Å². The van der Waals surface area contributed by atoms with Gasteiger partial charge in [0.05, 0.1) is 0 Å². The zero-order valence-electron chi connectivity index (χ0n) is 3.71. The van der Waals surface area contributed by atoms with Crippen LogP contribution in [0.5, 0.6) is 0 Å². The van der Waals surface area contributed by atoms with Gasteiger partial charge in [0.25, 0.3) is 0 Å². The van der Waals surface area contributed by atoms with Crippen LogP contribution < -0.4 is 29.6 Å². The van der Waals surface area contributed by atoms with Crippen molar-refractivity contribution in [3.63, 3.8) is 0 Å². The molecule has 0 aromatic heterocycles. The van der Waals surface area contributed by atoms with E-state index in [-0.39, 0.29) is 32.4 Å². The summed E-state index contributed by atoms with van der Waals surface area (Å²) >= 11 is -3.61. The number of hydrogen-bond donors (Lipinski definition) is 2. The summed E-state index contributed by atoms with van der Waals surface area (Å²) in [4.78, 5) is 0. The van der Waals surface area contributed by atoms with E-state index in [0.717, 1.165) is 0 Å². The molecule has 0 bridgehead atoms. The minimum Gasteiger partial charge on any atom is -1.00 e. The molecule has 0 fully saturated rings. The molecule has 2 N–H and O–H groups in total. The molecule has 3 nitrogen and oxygen atoms in total. The van der Waals surface area contributed by atoms with E-state index < -0.39 is 20.4 Å².